The molecule has 0 aromatic rings. The Labute approximate surface area is 580 Å². The quantitative estimate of drug-likeness (QED) is 0.0204. The lowest BCUT2D eigenvalue weighted by Crippen LogP contribution is -2.65. The van der Waals surface area contributed by atoms with Gasteiger partial charge in [-0.05, 0) is 70.6 Å². The van der Waals surface area contributed by atoms with Gasteiger partial charge in [0.25, 0.3) is 0 Å². The van der Waals surface area contributed by atoms with E-state index in [4.69, 9.17) is 18.9 Å². The van der Waals surface area contributed by atoms with Crippen LogP contribution < -0.4 is 5.32 Å². The maximum Gasteiger partial charge on any atom is 0.220 e. The molecule has 0 saturated carbocycles. The second-order valence-electron chi connectivity index (χ2n) is 27.5. The molecule has 0 aromatic heterocycles. The normalized spacial score (nSPS) is 22.8. The molecule has 2 aliphatic heterocycles. The monoisotopic (exact) mass is 1340 g/mol. The topological polar surface area (TPSA) is 228 Å². The Morgan fingerprint density at radius 3 is 1.12 bits per heavy atom. The van der Waals surface area contributed by atoms with Crippen molar-refractivity contribution in [1.29, 1.82) is 0 Å². The molecule has 1 amide bonds. The number of amides is 1. The first-order valence-electron chi connectivity index (χ1n) is 39.3. The van der Waals surface area contributed by atoms with Crippen molar-refractivity contribution in [2.45, 2.75) is 402 Å². The van der Waals surface area contributed by atoms with E-state index in [9.17, 15) is 45.6 Å². The summed E-state index contributed by atoms with van der Waals surface area (Å²) in [4.78, 5) is 13.4. The Morgan fingerprint density at radius 1 is 0.389 bits per heavy atom. The van der Waals surface area contributed by atoms with Crippen LogP contribution in [0.3, 0.4) is 0 Å². The van der Waals surface area contributed by atoms with Crippen LogP contribution in [0.4, 0.5) is 0 Å². The molecule has 0 spiro atoms. The summed E-state index contributed by atoms with van der Waals surface area (Å²) in [7, 11) is 0. The molecule has 552 valence electrons. The number of carbonyl (C=O) groups is 1. The van der Waals surface area contributed by atoms with Gasteiger partial charge in [-0.25, -0.2) is 0 Å². The van der Waals surface area contributed by atoms with Crippen molar-refractivity contribution in [1.82, 2.24) is 5.32 Å². The average Bonchev–Trinajstić information content (AvgIpc) is 0.927. The standard InChI is InChI=1S/C81H145NO13/c1-3-5-7-9-11-13-15-17-19-21-23-25-27-29-30-31-32-33-34-35-36-37-38-39-40-41-43-45-47-49-51-53-55-57-59-61-63-65-73(86)82-69(68-92-80-78(91)76(89)79(72(67-84)94-80)95-81-77(90)75(88)74(87)71(66-83)93-81)70(85)64-62-60-58-56-54-52-50-48-46-44-42-28-26-24-22-20-18-16-14-12-10-8-6-4-2/h5,7,11,13,17,19,23,25,29-30,32-33,62,64,69-72,74-81,83-85,87-91H,3-4,6,8-10,12,14-16,18,20-22,24,26-28,31,34-61,63,65-68H2,1-2H3,(H,82,86)/b7-5-,13-11-,19-17-,25-23-,30-29-,33-32-,64-62+. The van der Waals surface area contributed by atoms with Crippen molar-refractivity contribution in [3.05, 3.63) is 85.1 Å². The van der Waals surface area contributed by atoms with Gasteiger partial charge in [0.2, 0.25) is 5.91 Å². The van der Waals surface area contributed by atoms with Gasteiger partial charge in [-0.3, -0.25) is 4.79 Å². The van der Waals surface area contributed by atoms with E-state index in [2.05, 4.69) is 92.1 Å². The van der Waals surface area contributed by atoms with E-state index in [-0.39, 0.29) is 18.9 Å². The van der Waals surface area contributed by atoms with Crippen molar-refractivity contribution >= 4 is 5.91 Å². The second-order valence-corrected chi connectivity index (χ2v) is 27.5. The lowest BCUT2D eigenvalue weighted by Gasteiger charge is -2.46. The van der Waals surface area contributed by atoms with Crippen LogP contribution in [-0.4, -0.2) is 140 Å². The van der Waals surface area contributed by atoms with Crippen molar-refractivity contribution < 1.29 is 64.6 Å². The first-order valence-corrected chi connectivity index (χ1v) is 39.3. The highest BCUT2D eigenvalue weighted by molar-refractivity contribution is 5.76. The molecule has 0 radical (unpaired) electrons. The first kappa shape index (κ1) is 88.3. The SMILES string of the molecule is CC/C=C\C/C=C\C/C=C\C/C=C\C/C=C\C/C=C\CCCCCCCCCCCCCCCCCCCCC(=O)NC(COC1OC(CO)C(OC2OC(CO)C(O)C(O)C2O)C(O)C1O)C(O)/C=C/CCCCCCCCCCCCCCCCCCCCCCCC. The van der Waals surface area contributed by atoms with E-state index in [0.717, 1.165) is 77.0 Å². The van der Waals surface area contributed by atoms with Gasteiger partial charge in [-0.2, -0.15) is 0 Å². The zero-order valence-electron chi connectivity index (χ0n) is 60.4. The molecule has 2 saturated heterocycles. The molecule has 14 heteroatoms. The molecule has 9 N–H and O–H groups in total. The Morgan fingerprint density at radius 2 is 0.726 bits per heavy atom. The van der Waals surface area contributed by atoms with E-state index < -0.39 is 86.8 Å². The van der Waals surface area contributed by atoms with E-state index in [1.807, 2.05) is 6.08 Å². The van der Waals surface area contributed by atoms with Crippen LogP contribution >= 0.6 is 0 Å². The minimum Gasteiger partial charge on any atom is -0.394 e. The fourth-order valence-electron chi connectivity index (χ4n) is 12.7. The molecule has 2 fully saturated rings. The number of hydrogen-bond donors (Lipinski definition) is 9. The van der Waals surface area contributed by atoms with Gasteiger partial charge in [0.1, 0.15) is 48.8 Å². The molecule has 0 bridgehead atoms. The minimum absolute atomic E-state index is 0.236. The fraction of sp³-hybridized carbons (Fsp3) is 0.815. The molecular weight excluding hydrogens is 1190 g/mol. The van der Waals surface area contributed by atoms with Crippen LogP contribution in [0.25, 0.3) is 0 Å². The summed E-state index contributed by atoms with van der Waals surface area (Å²) in [5.41, 5.74) is 0. The van der Waals surface area contributed by atoms with E-state index >= 15 is 0 Å². The number of aliphatic hydroxyl groups excluding tert-OH is 8. The van der Waals surface area contributed by atoms with E-state index in [0.29, 0.717) is 6.42 Å². The third-order valence-electron chi connectivity index (χ3n) is 18.8. The number of nitrogens with one attached hydrogen (secondary N) is 1. The van der Waals surface area contributed by atoms with Crippen molar-refractivity contribution in [3.8, 4) is 0 Å². The van der Waals surface area contributed by atoms with Gasteiger partial charge in [0.15, 0.2) is 12.6 Å². The summed E-state index contributed by atoms with van der Waals surface area (Å²) in [5, 5.41) is 87.6. The second kappa shape index (κ2) is 64.5. The fourth-order valence-corrected chi connectivity index (χ4v) is 12.7. The van der Waals surface area contributed by atoms with Crippen LogP contribution in [0, 0.1) is 0 Å². The molecule has 2 aliphatic rings. The zero-order valence-corrected chi connectivity index (χ0v) is 60.4. The summed E-state index contributed by atoms with van der Waals surface area (Å²) in [6.45, 7) is 2.73. The Hall–Kier alpha value is -2.83. The predicted molar refractivity (Wildman–Crippen MR) is 392 cm³/mol. The van der Waals surface area contributed by atoms with Gasteiger partial charge < -0.3 is 65.1 Å². The molecular formula is C81H145NO13. The maximum atomic E-state index is 13.4. The number of ether oxygens (including phenoxy) is 4. The van der Waals surface area contributed by atoms with Gasteiger partial charge in [0.05, 0.1) is 32.0 Å². The number of aliphatic hydroxyl groups is 8. The average molecular weight is 1340 g/mol. The van der Waals surface area contributed by atoms with Gasteiger partial charge in [-0.15, -0.1) is 0 Å². The van der Waals surface area contributed by atoms with Crippen molar-refractivity contribution in [3.63, 3.8) is 0 Å². The summed E-state index contributed by atoms with van der Waals surface area (Å²) >= 11 is 0. The van der Waals surface area contributed by atoms with E-state index in [1.165, 1.54) is 225 Å². The number of unbranched alkanes of at least 4 members (excludes halogenated alkanes) is 40. The number of carbonyl (C=O) groups excluding carboxylic acids is 1. The maximum absolute atomic E-state index is 13.4. The summed E-state index contributed by atoms with van der Waals surface area (Å²) < 4.78 is 22.9. The Bertz CT molecular complexity index is 1920. The predicted octanol–water partition coefficient (Wildman–Crippen LogP) is 17.5. The number of allylic oxidation sites excluding steroid dienone is 13. The highest BCUT2D eigenvalue weighted by Crippen LogP contribution is 2.30. The highest BCUT2D eigenvalue weighted by Gasteiger charge is 2.51. The van der Waals surface area contributed by atoms with Crippen molar-refractivity contribution in [2.75, 3.05) is 19.8 Å². The minimum atomic E-state index is -1.79. The molecule has 14 nitrogen and oxygen atoms in total. The summed E-state index contributed by atoms with van der Waals surface area (Å²) in [6, 6.07) is -0.919. The van der Waals surface area contributed by atoms with Crippen LogP contribution in [0.2, 0.25) is 0 Å². The van der Waals surface area contributed by atoms with Crippen molar-refractivity contribution in [2.24, 2.45) is 0 Å². The smallest absolute Gasteiger partial charge is 0.220 e. The highest BCUT2D eigenvalue weighted by atomic mass is 16.7. The summed E-state index contributed by atoms with van der Waals surface area (Å²) in [5.74, 6) is -0.236. The summed E-state index contributed by atoms with van der Waals surface area (Å²) in [6.07, 6.45) is 73.7. The van der Waals surface area contributed by atoms with Crippen LogP contribution in [0.5, 0.6) is 0 Å². The first-order chi connectivity index (χ1) is 46.6. The van der Waals surface area contributed by atoms with E-state index in [1.54, 1.807) is 6.08 Å². The molecule has 95 heavy (non-hydrogen) atoms. The molecule has 0 aliphatic carbocycles. The molecule has 12 unspecified atom stereocenters. The number of hydrogen-bond acceptors (Lipinski definition) is 13. The Kier molecular flexibility index (Phi) is 60.0. The van der Waals surface area contributed by atoms with Crippen LogP contribution in [-0.2, 0) is 23.7 Å². The third-order valence-corrected chi connectivity index (χ3v) is 18.8. The van der Waals surface area contributed by atoms with Crippen LogP contribution in [0.1, 0.15) is 328 Å². The lowest BCUT2D eigenvalue weighted by molar-refractivity contribution is -0.359. The third kappa shape index (κ3) is 47.8. The Balaban J connectivity index is 1.61. The number of rotatable bonds is 65. The van der Waals surface area contributed by atoms with Gasteiger partial charge >= 0.3 is 0 Å². The van der Waals surface area contributed by atoms with Gasteiger partial charge in [-0.1, -0.05) is 336 Å². The van der Waals surface area contributed by atoms with Gasteiger partial charge in [0, 0.05) is 6.42 Å². The molecule has 12 atom stereocenters. The molecule has 2 rings (SSSR count). The zero-order chi connectivity index (χ0) is 68.7. The molecule has 0 aromatic carbocycles. The lowest BCUT2D eigenvalue weighted by atomic mass is 9.97. The molecule has 2 heterocycles. The van der Waals surface area contributed by atoms with Crippen LogP contribution in [0.15, 0.2) is 85.1 Å². The largest absolute Gasteiger partial charge is 0.394 e.